The minimum Gasteiger partial charge on any atom is -0.497 e. The quantitative estimate of drug-likeness (QED) is 0.523. The van der Waals surface area contributed by atoms with E-state index >= 15 is 0 Å². The van der Waals surface area contributed by atoms with Crippen LogP contribution in [-0.4, -0.2) is 37.8 Å². The minimum absolute atomic E-state index is 0.166. The highest BCUT2D eigenvalue weighted by Crippen LogP contribution is 2.50. The third-order valence-electron chi connectivity index (χ3n) is 5.37. The van der Waals surface area contributed by atoms with Gasteiger partial charge in [0.2, 0.25) is 5.91 Å². The first kappa shape index (κ1) is 21.7. The molecule has 32 heavy (non-hydrogen) atoms. The SMILES string of the molecule is CCOc1cc(C2CC(=O)Nc3c2sc(C(=O)O)c3-c2ccc(OC)cc2)ccc1OC. The summed E-state index contributed by atoms with van der Waals surface area (Å²) in [6.45, 7) is 2.36. The van der Waals surface area contributed by atoms with E-state index < -0.39 is 5.97 Å². The van der Waals surface area contributed by atoms with Crippen LogP contribution in [0.3, 0.4) is 0 Å². The number of anilines is 1. The molecule has 0 saturated heterocycles. The number of carbonyl (C=O) groups excluding carboxylic acids is 1. The summed E-state index contributed by atoms with van der Waals surface area (Å²) in [6, 6.07) is 12.7. The molecule has 2 aromatic carbocycles. The highest BCUT2D eigenvalue weighted by Gasteiger charge is 2.34. The Hall–Kier alpha value is -3.52. The lowest BCUT2D eigenvalue weighted by atomic mass is 9.88. The second kappa shape index (κ2) is 8.92. The molecule has 7 nitrogen and oxygen atoms in total. The number of carboxylic acids is 1. The summed E-state index contributed by atoms with van der Waals surface area (Å²) in [4.78, 5) is 25.8. The van der Waals surface area contributed by atoms with E-state index in [1.54, 1.807) is 38.5 Å². The van der Waals surface area contributed by atoms with E-state index in [2.05, 4.69) is 5.32 Å². The van der Waals surface area contributed by atoms with Crippen molar-refractivity contribution in [2.75, 3.05) is 26.1 Å². The van der Waals surface area contributed by atoms with Gasteiger partial charge in [-0.25, -0.2) is 4.79 Å². The molecule has 0 saturated carbocycles. The monoisotopic (exact) mass is 453 g/mol. The molecule has 166 valence electrons. The van der Waals surface area contributed by atoms with Crippen molar-refractivity contribution >= 4 is 28.9 Å². The maximum Gasteiger partial charge on any atom is 0.346 e. The predicted molar refractivity (Wildman–Crippen MR) is 123 cm³/mol. The van der Waals surface area contributed by atoms with Crippen LogP contribution in [0.5, 0.6) is 17.2 Å². The fraction of sp³-hybridized carbons (Fsp3) is 0.250. The predicted octanol–water partition coefficient (Wildman–Crippen LogP) is 5.00. The first-order chi connectivity index (χ1) is 15.5. The normalized spacial score (nSPS) is 15.0. The molecular weight excluding hydrogens is 430 g/mol. The maximum atomic E-state index is 12.7. The number of amides is 1. The Labute approximate surface area is 189 Å². The van der Waals surface area contributed by atoms with Crippen LogP contribution >= 0.6 is 11.3 Å². The summed E-state index contributed by atoms with van der Waals surface area (Å²) in [6.07, 6.45) is 0.215. The van der Waals surface area contributed by atoms with Crippen molar-refractivity contribution in [3.8, 4) is 28.4 Å². The van der Waals surface area contributed by atoms with Crippen LogP contribution in [0.25, 0.3) is 11.1 Å². The van der Waals surface area contributed by atoms with E-state index in [0.29, 0.717) is 40.7 Å². The van der Waals surface area contributed by atoms with E-state index in [0.717, 1.165) is 10.4 Å². The summed E-state index contributed by atoms with van der Waals surface area (Å²) < 4.78 is 16.3. The molecule has 2 N–H and O–H groups in total. The zero-order chi connectivity index (χ0) is 22.8. The molecule has 0 aliphatic carbocycles. The molecule has 1 amide bonds. The maximum absolute atomic E-state index is 12.7. The number of carbonyl (C=O) groups is 2. The standard InChI is InChI=1S/C24H23NO6S/c1-4-31-18-11-14(7-10-17(18)30-3)16-12-19(26)25-21-20(23(24(27)28)32-22(16)21)13-5-8-15(29-2)9-6-13/h5-11,16H,4,12H2,1-3H3,(H,25,26)(H,27,28). The summed E-state index contributed by atoms with van der Waals surface area (Å²) >= 11 is 1.19. The number of rotatable bonds is 7. The summed E-state index contributed by atoms with van der Waals surface area (Å²) in [5.74, 6) is 0.365. The molecule has 1 aromatic heterocycles. The van der Waals surface area contributed by atoms with Crippen molar-refractivity contribution in [3.63, 3.8) is 0 Å². The van der Waals surface area contributed by atoms with Crippen molar-refractivity contribution in [3.05, 3.63) is 57.8 Å². The van der Waals surface area contributed by atoms with E-state index in [-0.39, 0.29) is 23.1 Å². The molecule has 1 atom stereocenters. The van der Waals surface area contributed by atoms with Gasteiger partial charge >= 0.3 is 5.97 Å². The zero-order valence-corrected chi connectivity index (χ0v) is 18.7. The number of hydrogen-bond donors (Lipinski definition) is 2. The topological polar surface area (TPSA) is 94.1 Å². The number of aromatic carboxylic acids is 1. The number of fused-ring (bicyclic) bond motifs is 1. The van der Waals surface area contributed by atoms with Crippen molar-refractivity contribution < 1.29 is 28.9 Å². The van der Waals surface area contributed by atoms with Crippen LogP contribution in [0.4, 0.5) is 5.69 Å². The smallest absolute Gasteiger partial charge is 0.346 e. The minimum atomic E-state index is -1.03. The fourth-order valence-corrected chi connectivity index (χ4v) is 5.16. The average Bonchev–Trinajstić information content (AvgIpc) is 3.18. The number of benzene rings is 2. The molecule has 0 radical (unpaired) electrons. The third-order valence-corrected chi connectivity index (χ3v) is 6.66. The first-order valence-electron chi connectivity index (χ1n) is 10.1. The molecule has 1 aliphatic heterocycles. The zero-order valence-electron chi connectivity index (χ0n) is 17.9. The van der Waals surface area contributed by atoms with Gasteiger partial charge in [-0.05, 0) is 42.3 Å². The second-order valence-electron chi connectivity index (χ2n) is 7.23. The van der Waals surface area contributed by atoms with Crippen molar-refractivity contribution in [1.82, 2.24) is 0 Å². The van der Waals surface area contributed by atoms with Gasteiger partial charge in [0.15, 0.2) is 11.5 Å². The van der Waals surface area contributed by atoms with Gasteiger partial charge < -0.3 is 24.6 Å². The molecule has 1 unspecified atom stereocenters. The van der Waals surface area contributed by atoms with Gasteiger partial charge in [0.1, 0.15) is 10.6 Å². The Bertz CT molecular complexity index is 1170. The number of ether oxygens (including phenoxy) is 3. The third kappa shape index (κ3) is 3.89. The van der Waals surface area contributed by atoms with Gasteiger partial charge in [-0.15, -0.1) is 11.3 Å². The molecule has 8 heteroatoms. The Morgan fingerprint density at radius 2 is 1.88 bits per heavy atom. The average molecular weight is 454 g/mol. The summed E-state index contributed by atoms with van der Waals surface area (Å²) in [5.41, 5.74) is 2.63. The molecule has 0 fully saturated rings. The molecule has 3 aromatic rings. The van der Waals surface area contributed by atoms with Gasteiger partial charge in [-0.2, -0.15) is 0 Å². The number of nitrogens with one attached hydrogen (secondary N) is 1. The number of thiophene rings is 1. The highest BCUT2D eigenvalue weighted by molar-refractivity contribution is 7.15. The van der Waals surface area contributed by atoms with Crippen LogP contribution in [0.2, 0.25) is 0 Å². The lowest BCUT2D eigenvalue weighted by Gasteiger charge is -2.24. The lowest BCUT2D eigenvalue weighted by molar-refractivity contribution is -0.116. The molecule has 0 bridgehead atoms. The Balaban J connectivity index is 1.87. The molecular formula is C24H23NO6S. The van der Waals surface area contributed by atoms with Crippen LogP contribution in [0, 0.1) is 0 Å². The van der Waals surface area contributed by atoms with Crippen molar-refractivity contribution in [1.29, 1.82) is 0 Å². The van der Waals surface area contributed by atoms with E-state index in [1.165, 1.54) is 11.3 Å². The Morgan fingerprint density at radius 3 is 2.50 bits per heavy atom. The van der Waals surface area contributed by atoms with Crippen LogP contribution in [0.1, 0.15) is 39.4 Å². The van der Waals surface area contributed by atoms with Crippen LogP contribution < -0.4 is 19.5 Å². The van der Waals surface area contributed by atoms with E-state index in [4.69, 9.17) is 14.2 Å². The summed E-state index contributed by atoms with van der Waals surface area (Å²) in [5, 5.41) is 12.8. The van der Waals surface area contributed by atoms with Gasteiger partial charge in [0.25, 0.3) is 0 Å². The number of carboxylic acid groups (broad SMARTS) is 1. The van der Waals surface area contributed by atoms with Crippen LogP contribution in [-0.2, 0) is 4.79 Å². The number of methoxy groups -OCH3 is 2. The molecule has 0 spiro atoms. The second-order valence-corrected chi connectivity index (χ2v) is 8.28. The lowest BCUT2D eigenvalue weighted by Crippen LogP contribution is -2.22. The Morgan fingerprint density at radius 1 is 1.12 bits per heavy atom. The van der Waals surface area contributed by atoms with E-state index in [1.807, 2.05) is 25.1 Å². The molecule has 2 heterocycles. The Kier molecular flexibility index (Phi) is 6.05. The van der Waals surface area contributed by atoms with Gasteiger partial charge in [-0.1, -0.05) is 18.2 Å². The van der Waals surface area contributed by atoms with Crippen molar-refractivity contribution in [2.24, 2.45) is 0 Å². The largest absolute Gasteiger partial charge is 0.497 e. The fourth-order valence-electron chi connectivity index (χ4n) is 3.92. The van der Waals surface area contributed by atoms with Gasteiger partial charge in [0.05, 0.1) is 26.5 Å². The number of hydrogen-bond acceptors (Lipinski definition) is 6. The van der Waals surface area contributed by atoms with E-state index in [9.17, 15) is 14.7 Å². The first-order valence-corrected chi connectivity index (χ1v) is 10.9. The summed E-state index contributed by atoms with van der Waals surface area (Å²) in [7, 11) is 3.14. The van der Waals surface area contributed by atoms with Gasteiger partial charge in [-0.3, -0.25) is 4.79 Å². The molecule has 1 aliphatic rings. The van der Waals surface area contributed by atoms with Crippen LogP contribution in [0.15, 0.2) is 42.5 Å². The van der Waals surface area contributed by atoms with Gasteiger partial charge in [0, 0.05) is 22.8 Å². The highest BCUT2D eigenvalue weighted by atomic mass is 32.1. The molecule has 4 rings (SSSR count). The van der Waals surface area contributed by atoms with Crippen molar-refractivity contribution in [2.45, 2.75) is 19.3 Å².